The summed E-state index contributed by atoms with van der Waals surface area (Å²) in [6.45, 7) is 0.108. The molecule has 0 unspecified atom stereocenters. The second-order valence-electron chi connectivity index (χ2n) is 5.66. The van der Waals surface area contributed by atoms with Crippen molar-refractivity contribution in [1.82, 2.24) is 0 Å². The molecule has 6 nitrogen and oxygen atoms in total. The van der Waals surface area contributed by atoms with E-state index < -0.39 is 36.8 Å². The van der Waals surface area contributed by atoms with Crippen LogP contribution < -0.4 is 10.1 Å². The number of ether oxygens (including phenoxy) is 2. The predicted octanol–water partition coefficient (Wildman–Crippen LogP) is 3.47. The van der Waals surface area contributed by atoms with Gasteiger partial charge >= 0.3 is 12.1 Å². The number of carbonyl (C=O) groups excluding carboxylic acids is 3. The Morgan fingerprint density at radius 3 is 2.39 bits per heavy atom. The number of benzene rings is 2. The van der Waals surface area contributed by atoms with Gasteiger partial charge in [-0.05, 0) is 37.3 Å². The van der Waals surface area contributed by atoms with Crippen LogP contribution in [-0.4, -0.2) is 30.9 Å². The fourth-order valence-corrected chi connectivity index (χ4v) is 2.11. The summed E-state index contributed by atoms with van der Waals surface area (Å²) in [5.74, 6) is -1.90. The van der Waals surface area contributed by atoms with E-state index in [-0.39, 0.29) is 11.5 Å². The minimum Gasteiger partial charge on any atom is -0.482 e. The maximum absolute atomic E-state index is 12.6. The third-order valence-corrected chi connectivity index (χ3v) is 3.44. The predicted molar refractivity (Wildman–Crippen MR) is 93.0 cm³/mol. The number of hydrogen-bond donors (Lipinski definition) is 1. The number of amides is 1. The number of ketones is 1. The molecule has 0 saturated heterocycles. The second-order valence-corrected chi connectivity index (χ2v) is 5.66. The van der Waals surface area contributed by atoms with Crippen LogP contribution >= 0.6 is 0 Å². The Morgan fingerprint density at radius 2 is 1.71 bits per heavy atom. The van der Waals surface area contributed by atoms with Gasteiger partial charge in [-0.15, -0.1) is 0 Å². The van der Waals surface area contributed by atoms with Gasteiger partial charge in [0.1, 0.15) is 5.75 Å². The lowest BCUT2D eigenvalue weighted by atomic mass is 10.1. The number of rotatable bonds is 7. The van der Waals surface area contributed by atoms with Crippen molar-refractivity contribution in [2.45, 2.75) is 13.1 Å². The van der Waals surface area contributed by atoms with Crippen LogP contribution in [0.25, 0.3) is 0 Å². The SMILES string of the molecule is CC(=O)c1cccc(NC(=O)COC(=O)COc2cccc(C(F)(F)F)c2)c1. The van der Waals surface area contributed by atoms with Crippen molar-refractivity contribution >= 4 is 23.3 Å². The normalized spacial score (nSPS) is 10.9. The van der Waals surface area contributed by atoms with Gasteiger partial charge in [0.15, 0.2) is 19.0 Å². The molecular weight excluding hydrogens is 379 g/mol. The highest BCUT2D eigenvalue weighted by Gasteiger charge is 2.30. The van der Waals surface area contributed by atoms with Gasteiger partial charge in [0.2, 0.25) is 0 Å². The van der Waals surface area contributed by atoms with E-state index >= 15 is 0 Å². The topological polar surface area (TPSA) is 81.7 Å². The summed E-state index contributed by atoms with van der Waals surface area (Å²) in [4.78, 5) is 34.7. The Morgan fingerprint density at radius 1 is 1.00 bits per heavy atom. The number of nitrogens with one attached hydrogen (secondary N) is 1. The van der Waals surface area contributed by atoms with Crippen molar-refractivity contribution in [1.29, 1.82) is 0 Å². The third kappa shape index (κ3) is 6.42. The molecule has 1 N–H and O–H groups in total. The Labute approximate surface area is 158 Å². The molecule has 28 heavy (non-hydrogen) atoms. The number of hydrogen-bond acceptors (Lipinski definition) is 5. The molecule has 148 valence electrons. The van der Waals surface area contributed by atoms with E-state index in [9.17, 15) is 27.6 Å². The largest absolute Gasteiger partial charge is 0.482 e. The molecule has 0 atom stereocenters. The first-order chi connectivity index (χ1) is 13.1. The molecule has 0 spiro atoms. The fraction of sp³-hybridized carbons (Fsp3) is 0.211. The van der Waals surface area contributed by atoms with Gasteiger partial charge in [-0.2, -0.15) is 13.2 Å². The minimum atomic E-state index is -4.53. The summed E-state index contributed by atoms with van der Waals surface area (Å²) < 4.78 is 47.5. The molecular formula is C19H16F3NO5. The Kier molecular flexibility index (Phi) is 6.75. The third-order valence-electron chi connectivity index (χ3n) is 3.44. The lowest BCUT2D eigenvalue weighted by Gasteiger charge is -2.10. The summed E-state index contributed by atoms with van der Waals surface area (Å²) in [5, 5.41) is 2.46. The quantitative estimate of drug-likeness (QED) is 0.574. The maximum Gasteiger partial charge on any atom is 0.416 e. The summed E-state index contributed by atoms with van der Waals surface area (Å²) >= 11 is 0. The van der Waals surface area contributed by atoms with Crippen molar-refractivity contribution in [3.05, 3.63) is 59.7 Å². The first-order valence-electron chi connectivity index (χ1n) is 8.01. The van der Waals surface area contributed by atoms with Crippen molar-refractivity contribution in [3.8, 4) is 5.75 Å². The zero-order valence-corrected chi connectivity index (χ0v) is 14.7. The summed E-state index contributed by atoms with van der Waals surface area (Å²) in [6, 6.07) is 10.2. The molecule has 1 amide bonds. The number of halogens is 3. The zero-order valence-electron chi connectivity index (χ0n) is 14.7. The fourth-order valence-electron chi connectivity index (χ4n) is 2.11. The van der Waals surface area contributed by atoms with Gasteiger partial charge in [0.05, 0.1) is 5.56 Å². The van der Waals surface area contributed by atoms with E-state index in [1.54, 1.807) is 18.2 Å². The summed E-state index contributed by atoms with van der Waals surface area (Å²) in [7, 11) is 0. The molecule has 2 aromatic carbocycles. The smallest absolute Gasteiger partial charge is 0.416 e. The van der Waals surface area contributed by atoms with Gasteiger partial charge in [0.25, 0.3) is 5.91 Å². The van der Waals surface area contributed by atoms with Gasteiger partial charge < -0.3 is 14.8 Å². The molecule has 0 radical (unpaired) electrons. The van der Waals surface area contributed by atoms with Gasteiger partial charge in [0, 0.05) is 11.3 Å². The van der Waals surface area contributed by atoms with E-state index in [1.165, 1.54) is 19.1 Å². The number of Topliss-reactive ketones (excluding diaryl/α,β-unsaturated/α-hetero) is 1. The molecule has 0 bridgehead atoms. The van der Waals surface area contributed by atoms with Crippen molar-refractivity contribution in [2.75, 3.05) is 18.5 Å². The first-order valence-corrected chi connectivity index (χ1v) is 8.01. The van der Waals surface area contributed by atoms with E-state index in [0.717, 1.165) is 18.2 Å². The van der Waals surface area contributed by atoms with Crippen LogP contribution in [-0.2, 0) is 20.5 Å². The lowest BCUT2D eigenvalue weighted by Crippen LogP contribution is -2.23. The molecule has 0 saturated carbocycles. The maximum atomic E-state index is 12.6. The molecule has 2 aromatic rings. The zero-order chi connectivity index (χ0) is 20.7. The molecule has 0 aliphatic heterocycles. The molecule has 0 heterocycles. The van der Waals surface area contributed by atoms with E-state index in [4.69, 9.17) is 9.47 Å². The number of alkyl halides is 3. The monoisotopic (exact) mass is 395 g/mol. The standard InChI is InChI=1S/C19H16F3NO5/c1-12(24)13-4-2-6-15(8-13)23-17(25)10-28-18(26)11-27-16-7-3-5-14(9-16)19(20,21)22/h2-9H,10-11H2,1H3,(H,23,25). The summed E-state index contributed by atoms with van der Waals surface area (Å²) in [6.07, 6.45) is -4.53. The first kappa shape index (κ1) is 20.9. The van der Waals surface area contributed by atoms with Crippen LogP contribution in [0.5, 0.6) is 5.75 Å². The summed E-state index contributed by atoms with van der Waals surface area (Å²) in [5.41, 5.74) is -0.149. The second kappa shape index (κ2) is 9.03. The average molecular weight is 395 g/mol. The van der Waals surface area contributed by atoms with Crippen LogP contribution in [0.2, 0.25) is 0 Å². The highest BCUT2D eigenvalue weighted by Crippen LogP contribution is 2.31. The molecule has 0 aliphatic rings. The van der Waals surface area contributed by atoms with Crippen LogP contribution in [0, 0.1) is 0 Å². The molecule has 0 aliphatic carbocycles. The van der Waals surface area contributed by atoms with Gasteiger partial charge in [-0.1, -0.05) is 18.2 Å². The number of carbonyl (C=O) groups is 3. The lowest BCUT2D eigenvalue weighted by molar-refractivity contribution is -0.149. The van der Waals surface area contributed by atoms with Crippen molar-refractivity contribution in [3.63, 3.8) is 0 Å². The average Bonchev–Trinajstić information content (AvgIpc) is 2.64. The Hall–Kier alpha value is -3.36. The molecule has 9 heteroatoms. The van der Waals surface area contributed by atoms with E-state index in [2.05, 4.69) is 5.32 Å². The number of esters is 1. The van der Waals surface area contributed by atoms with Crippen LogP contribution in [0.15, 0.2) is 48.5 Å². The molecule has 0 aromatic heterocycles. The van der Waals surface area contributed by atoms with Crippen LogP contribution in [0.3, 0.4) is 0 Å². The molecule has 2 rings (SSSR count). The van der Waals surface area contributed by atoms with Crippen molar-refractivity contribution in [2.24, 2.45) is 0 Å². The van der Waals surface area contributed by atoms with Gasteiger partial charge in [-0.25, -0.2) is 4.79 Å². The Bertz CT molecular complexity index is 880. The molecule has 0 fully saturated rings. The Balaban J connectivity index is 1.80. The van der Waals surface area contributed by atoms with Crippen LogP contribution in [0.1, 0.15) is 22.8 Å². The van der Waals surface area contributed by atoms with E-state index in [0.29, 0.717) is 11.3 Å². The highest BCUT2D eigenvalue weighted by atomic mass is 19.4. The van der Waals surface area contributed by atoms with Crippen LogP contribution in [0.4, 0.5) is 18.9 Å². The van der Waals surface area contributed by atoms with Gasteiger partial charge in [-0.3, -0.25) is 9.59 Å². The van der Waals surface area contributed by atoms with E-state index in [1.807, 2.05) is 0 Å². The highest BCUT2D eigenvalue weighted by molar-refractivity contribution is 5.97. The number of anilines is 1. The minimum absolute atomic E-state index is 0.155. The van der Waals surface area contributed by atoms with Crippen molar-refractivity contribution < 1.29 is 37.0 Å².